The van der Waals surface area contributed by atoms with Crippen molar-refractivity contribution >= 4 is 41.3 Å². The highest BCUT2D eigenvalue weighted by molar-refractivity contribution is 14.0. The smallest absolute Gasteiger partial charge is 0.191 e. The van der Waals surface area contributed by atoms with Crippen molar-refractivity contribution in [3.05, 3.63) is 16.1 Å². The molecule has 2 rings (SSSR count). The van der Waals surface area contributed by atoms with Crippen LogP contribution in [0.15, 0.2) is 11.2 Å². The van der Waals surface area contributed by atoms with Gasteiger partial charge in [0.2, 0.25) is 0 Å². The first-order valence-corrected chi connectivity index (χ1v) is 9.53. The fraction of sp³-hybridized carbons (Fsp3) is 0.765. The molecule has 0 aromatic carbocycles. The average molecular weight is 465 g/mol. The second-order valence-electron chi connectivity index (χ2n) is 6.43. The van der Waals surface area contributed by atoms with E-state index in [0.29, 0.717) is 12.1 Å². The number of aliphatic imine (C=N–C) groups is 1. The van der Waals surface area contributed by atoms with Crippen molar-refractivity contribution in [2.75, 3.05) is 26.7 Å². The highest BCUT2D eigenvalue weighted by atomic mass is 127. The maximum absolute atomic E-state index is 4.39. The van der Waals surface area contributed by atoms with E-state index in [2.05, 4.69) is 46.3 Å². The number of guanidine groups is 1. The van der Waals surface area contributed by atoms with Crippen LogP contribution in [0.4, 0.5) is 0 Å². The summed E-state index contributed by atoms with van der Waals surface area (Å²) >= 11 is 1.77. The van der Waals surface area contributed by atoms with Crippen LogP contribution in [0.5, 0.6) is 0 Å². The number of nitrogens with zero attached hydrogens (tertiary/aromatic N) is 3. The number of aromatic nitrogens is 1. The predicted molar refractivity (Wildman–Crippen MR) is 115 cm³/mol. The van der Waals surface area contributed by atoms with Gasteiger partial charge in [0, 0.05) is 49.7 Å². The summed E-state index contributed by atoms with van der Waals surface area (Å²) in [6, 6.07) is 1.23. The van der Waals surface area contributed by atoms with Gasteiger partial charge in [-0.3, -0.25) is 9.89 Å². The molecule has 7 heteroatoms. The van der Waals surface area contributed by atoms with E-state index in [-0.39, 0.29) is 24.0 Å². The largest absolute Gasteiger partial charge is 0.356 e. The van der Waals surface area contributed by atoms with Gasteiger partial charge >= 0.3 is 0 Å². The Morgan fingerprint density at radius 2 is 2.25 bits per heavy atom. The van der Waals surface area contributed by atoms with Gasteiger partial charge in [-0.2, -0.15) is 0 Å². The molecule has 138 valence electrons. The summed E-state index contributed by atoms with van der Waals surface area (Å²) in [6.45, 7) is 9.76. The summed E-state index contributed by atoms with van der Waals surface area (Å²) < 4.78 is 0. The maximum Gasteiger partial charge on any atom is 0.191 e. The lowest BCUT2D eigenvalue weighted by atomic mass is 10.0. The van der Waals surface area contributed by atoms with E-state index in [1.54, 1.807) is 11.3 Å². The van der Waals surface area contributed by atoms with Crippen LogP contribution >= 0.6 is 35.3 Å². The SMILES string of the molecule is CN=C(NCCc1ncc(C)s1)NCC(C)N1CCCCC1C.I. The van der Waals surface area contributed by atoms with E-state index < -0.39 is 0 Å². The zero-order valence-electron chi connectivity index (χ0n) is 15.3. The van der Waals surface area contributed by atoms with E-state index in [9.17, 15) is 0 Å². The molecule has 1 aliphatic rings. The van der Waals surface area contributed by atoms with Gasteiger partial charge in [-0.25, -0.2) is 4.98 Å². The summed E-state index contributed by atoms with van der Waals surface area (Å²) in [6.07, 6.45) is 6.91. The minimum Gasteiger partial charge on any atom is -0.356 e. The molecule has 0 aliphatic carbocycles. The molecule has 2 unspecified atom stereocenters. The number of aryl methyl sites for hydroxylation is 1. The molecule has 1 aliphatic heterocycles. The van der Waals surface area contributed by atoms with E-state index in [1.807, 2.05) is 13.2 Å². The Kier molecular flexibility index (Phi) is 10.1. The van der Waals surface area contributed by atoms with Gasteiger partial charge in [0.25, 0.3) is 0 Å². The molecule has 24 heavy (non-hydrogen) atoms. The van der Waals surface area contributed by atoms with Crippen molar-refractivity contribution in [3.63, 3.8) is 0 Å². The fourth-order valence-corrected chi connectivity index (χ4v) is 3.95. The number of likely N-dealkylation sites (tertiary alicyclic amines) is 1. The highest BCUT2D eigenvalue weighted by Crippen LogP contribution is 2.18. The lowest BCUT2D eigenvalue weighted by molar-refractivity contribution is 0.115. The first-order valence-electron chi connectivity index (χ1n) is 8.71. The minimum atomic E-state index is 0. The van der Waals surface area contributed by atoms with Crippen LogP contribution in [-0.4, -0.2) is 54.6 Å². The first-order chi connectivity index (χ1) is 11.1. The minimum absolute atomic E-state index is 0. The molecule has 2 atom stereocenters. The number of hydrogen-bond donors (Lipinski definition) is 2. The van der Waals surface area contributed by atoms with Gasteiger partial charge in [-0.05, 0) is 40.2 Å². The standard InChI is InChI=1S/C17H31N5S.HI/c1-13-7-5-6-10-22(13)14(2)11-21-17(18-4)19-9-8-16-20-12-15(3)23-16;/h12-14H,5-11H2,1-4H3,(H2,18,19,21);1H. The predicted octanol–water partition coefficient (Wildman–Crippen LogP) is 3.04. The topological polar surface area (TPSA) is 52.6 Å². The Morgan fingerprint density at radius 3 is 2.88 bits per heavy atom. The Bertz CT molecular complexity index is 505. The van der Waals surface area contributed by atoms with Gasteiger partial charge in [0.15, 0.2) is 5.96 Å². The molecule has 0 spiro atoms. The van der Waals surface area contributed by atoms with Crippen LogP contribution in [0.1, 0.15) is 43.0 Å². The number of piperidine rings is 1. The number of rotatable bonds is 6. The lowest BCUT2D eigenvalue weighted by Gasteiger charge is -2.38. The number of nitrogens with one attached hydrogen (secondary N) is 2. The number of thiazole rings is 1. The molecule has 0 saturated carbocycles. The van der Waals surface area contributed by atoms with E-state index in [1.165, 1.54) is 35.7 Å². The fourth-order valence-electron chi connectivity index (χ4n) is 3.16. The lowest BCUT2D eigenvalue weighted by Crippen LogP contribution is -2.50. The second kappa shape index (κ2) is 11.3. The first kappa shape index (κ1) is 21.6. The molecule has 1 aromatic rings. The molecular weight excluding hydrogens is 433 g/mol. The van der Waals surface area contributed by atoms with Gasteiger partial charge in [-0.15, -0.1) is 35.3 Å². The third-order valence-electron chi connectivity index (χ3n) is 4.51. The Hall–Kier alpha value is -0.410. The third kappa shape index (κ3) is 6.84. The monoisotopic (exact) mass is 465 g/mol. The van der Waals surface area contributed by atoms with Gasteiger partial charge in [0.05, 0.1) is 5.01 Å². The normalized spacial score (nSPS) is 20.3. The van der Waals surface area contributed by atoms with Crippen molar-refractivity contribution in [2.45, 2.75) is 58.5 Å². The molecular formula is C17H32IN5S. The molecule has 0 radical (unpaired) electrons. The summed E-state index contributed by atoms with van der Waals surface area (Å²) in [5, 5.41) is 8.02. The quantitative estimate of drug-likeness (QED) is 0.385. The van der Waals surface area contributed by atoms with Gasteiger partial charge in [-0.1, -0.05) is 6.42 Å². The zero-order valence-corrected chi connectivity index (χ0v) is 18.5. The van der Waals surface area contributed by atoms with Crippen LogP contribution in [0.3, 0.4) is 0 Å². The molecule has 2 heterocycles. The van der Waals surface area contributed by atoms with Crippen molar-refractivity contribution in [1.82, 2.24) is 20.5 Å². The molecule has 1 saturated heterocycles. The van der Waals surface area contributed by atoms with Gasteiger partial charge < -0.3 is 10.6 Å². The number of halogens is 1. The zero-order chi connectivity index (χ0) is 16.7. The summed E-state index contributed by atoms with van der Waals surface area (Å²) in [5.74, 6) is 0.884. The van der Waals surface area contributed by atoms with Gasteiger partial charge in [0.1, 0.15) is 0 Å². The summed E-state index contributed by atoms with van der Waals surface area (Å²) in [5.41, 5.74) is 0. The number of hydrogen-bond acceptors (Lipinski definition) is 4. The van der Waals surface area contributed by atoms with E-state index >= 15 is 0 Å². The molecule has 0 bridgehead atoms. The molecule has 1 aromatic heterocycles. The van der Waals surface area contributed by atoms with Crippen molar-refractivity contribution in [3.8, 4) is 0 Å². The molecule has 2 N–H and O–H groups in total. The Balaban J connectivity index is 0.00000288. The van der Waals surface area contributed by atoms with Crippen LogP contribution < -0.4 is 10.6 Å². The molecule has 0 amide bonds. The van der Waals surface area contributed by atoms with Crippen molar-refractivity contribution in [1.29, 1.82) is 0 Å². The Morgan fingerprint density at radius 1 is 1.46 bits per heavy atom. The van der Waals surface area contributed by atoms with E-state index in [0.717, 1.165) is 25.5 Å². The third-order valence-corrected chi connectivity index (χ3v) is 5.48. The van der Waals surface area contributed by atoms with Crippen LogP contribution in [0.25, 0.3) is 0 Å². The van der Waals surface area contributed by atoms with Crippen LogP contribution in [0.2, 0.25) is 0 Å². The summed E-state index contributed by atoms with van der Waals surface area (Å²) in [7, 11) is 1.83. The van der Waals surface area contributed by atoms with Crippen LogP contribution in [-0.2, 0) is 6.42 Å². The van der Waals surface area contributed by atoms with Crippen molar-refractivity contribution in [2.24, 2.45) is 4.99 Å². The molecule has 5 nitrogen and oxygen atoms in total. The van der Waals surface area contributed by atoms with Crippen LogP contribution in [0, 0.1) is 6.92 Å². The maximum atomic E-state index is 4.39. The summed E-state index contributed by atoms with van der Waals surface area (Å²) in [4.78, 5) is 12.6. The van der Waals surface area contributed by atoms with Crippen molar-refractivity contribution < 1.29 is 0 Å². The Labute approximate surface area is 167 Å². The molecule has 1 fully saturated rings. The highest BCUT2D eigenvalue weighted by Gasteiger charge is 2.22. The van der Waals surface area contributed by atoms with E-state index in [4.69, 9.17) is 0 Å². The average Bonchev–Trinajstić information content (AvgIpc) is 2.96. The second-order valence-corrected chi connectivity index (χ2v) is 7.75.